The number of carbonyl (C=O) groups is 2. The highest BCUT2D eigenvalue weighted by molar-refractivity contribution is 5.98. The number of nitrogens with zero attached hydrogens (tertiary/aromatic N) is 1. The van der Waals surface area contributed by atoms with Crippen LogP contribution in [0.2, 0.25) is 0 Å². The van der Waals surface area contributed by atoms with Crippen molar-refractivity contribution in [2.75, 3.05) is 14.2 Å². The number of para-hydroxylation sites is 1. The molecule has 3 aromatic carbocycles. The highest BCUT2D eigenvalue weighted by Crippen LogP contribution is 2.28. The van der Waals surface area contributed by atoms with Crippen molar-refractivity contribution in [2.24, 2.45) is 0 Å². The molecule has 1 aliphatic rings. The summed E-state index contributed by atoms with van der Waals surface area (Å²) in [5.41, 5.74) is 4.61. The van der Waals surface area contributed by atoms with Gasteiger partial charge in [0.1, 0.15) is 17.3 Å². The minimum Gasteiger partial charge on any atom is -0.497 e. The summed E-state index contributed by atoms with van der Waals surface area (Å²) in [4.78, 5) is 25.8. The monoisotopic (exact) mass is 448 g/mol. The van der Waals surface area contributed by atoms with Crippen molar-refractivity contribution < 1.29 is 28.1 Å². The van der Waals surface area contributed by atoms with E-state index >= 15 is 0 Å². The number of methoxy groups -OCH3 is 2. The molecule has 168 valence electrons. The third-order valence-corrected chi connectivity index (χ3v) is 5.40. The molecule has 0 radical (unpaired) electrons. The molecule has 4 rings (SSSR count). The maximum Gasteiger partial charge on any atom is 0.304 e. The van der Waals surface area contributed by atoms with Gasteiger partial charge >= 0.3 is 5.91 Å². The average molecular weight is 448 g/mol. The molecule has 3 aromatic rings. The van der Waals surface area contributed by atoms with E-state index in [9.17, 15) is 14.0 Å². The second-order valence-corrected chi connectivity index (χ2v) is 7.43. The lowest BCUT2D eigenvalue weighted by Gasteiger charge is -2.15. The number of amides is 2. The van der Waals surface area contributed by atoms with Crippen LogP contribution in [0.25, 0.3) is 0 Å². The van der Waals surface area contributed by atoms with Crippen LogP contribution in [-0.4, -0.2) is 43.0 Å². The first-order chi connectivity index (χ1) is 16.0. The minimum absolute atomic E-state index is 0.254. The smallest absolute Gasteiger partial charge is 0.304 e. The number of halogens is 1. The van der Waals surface area contributed by atoms with Crippen molar-refractivity contribution in [1.29, 1.82) is 0 Å². The van der Waals surface area contributed by atoms with Gasteiger partial charge in [-0.3, -0.25) is 9.59 Å². The number of benzene rings is 3. The van der Waals surface area contributed by atoms with Gasteiger partial charge in [-0.25, -0.2) is 4.39 Å². The van der Waals surface area contributed by atoms with E-state index in [2.05, 4.69) is 10.7 Å². The molecule has 8 heteroatoms. The summed E-state index contributed by atoms with van der Waals surface area (Å²) in [5, 5.41) is 2.79. The molecule has 2 atom stereocenters. The first kappa shape index (κ1) is 22.0. The quantitative estimate of drug-likeness (QED) is 0.569. The van der Waals surface area contributed by atoms with Crippen molar-refractivity contribution >= 4 is 18.0 Å². The van der Waals surface area contributed by atoms with E-state index in [0.717, 1.165) is 11.1 Å². The number of hydrazine groups is 1. The zero-order valence-corrected chi connectivity index (χ0v) is 18.1. The molecule has 0 saturated carbocycles. The number of hydrogen-bond donors (Lipinski definition) is 2. The van der Waals surface area contributed by atoms with Crippen LogP contribution in [0.15, 0.2) is 72.8 Å². The van der Waals surface area contributed by atoms with Crippen LogP contribution in [-0.2, 0) is 4.79 Å². The Balaban J connectivity index is 1.72. The van der Waals surface area contributed by atoms with Gasteiger partial charge in [-0.05, 0) is 60.7 Å². The molecule has 0 aromatic heterocycles. The maximum atomic E-state index is 13.3. The van der Waals surface area contributed by atoms with Crippen molar-refractivity contribution in [2.45, 2.75) is 12.1 Å². The zero-order valence-electron chi connectivity index (χ0n) is 18.1. The molecule has 0 spiro atoms. The first-order valence-corrected chi connectivity index (χ1v) is 10.3. The second kappa shape index (κ2) is 9.52. The minimum atomic E-state index is -0.901. The van der Waals surface area contributed by atoms with Gasteiger partial charge in [0.25, 0.3) is 5.91 Å². The summed E-state index contributed by atoms with van der Waals surface area (Å²) >= 11 is 0. The largest absolute Gasteiger partial charge is 0.497 e. The summed E-state index contributed by atoms with van der Waals surface area (Å²) in [5.74, 6) is 0.00583. The van der Waals surface area contributed by atoms with E-state index in [-0.39, 0.29) is 11.5 Å². The normalized spacial score (nSPS) is 18.6. The summed E-state index contributed by atoms with van der Waals surface area (Å²) < 4.78 is 25.6. The predicted molar refractivity (Wildman–Crippen MR) is 120 cm³/mol. The number of ether oxygens (including phenoxy) is 2. The van der Waals surface area contributed by atoms with Crippen LogP contribution < -0.4 is 20.2 Å². The Kier molecular flexibility index (Phi) is 6.35. The Hall–Kier alpha value is -4.20. The van der Waals surface area contributed by atoms with Crippen molar-refractivity contribution in [1.82, 2.24) is 10.7 Å². The first-order valence-electron chi connectivity index (χ1n) is 10.3. The van der Waals surface area contributed by atoms with E-state index in [1.165, 1.54) is 24.3 Å². The molecule has 1 aliphatic heterocycles. The lowest BCUT2D eigenvalue weighted by atomic mass is 9.99. The lowest BCUT2D eigenvalue weighted by molar-refractivity contribution is -0.596. The molecular weight excluding hydrogens is 425 g/mol. The average Bonchev–Trinajstić information content (AvgIpc) is 3.14. The molecule has 2 N–H and O–H groups in total. The number of nitrogens with one attached hydrogen (secondary N) is 2. The highest BCUT2D eigenvalue weighted by atomic mass is 19.1. The molecule has 1 fully saturated rings. The lowest BCUT2D eigenvalue weighted by Crippen LogP contribution is -2.42. The molecule has 1 saturated heterocycles. The van der Waals surface area contributed by atoms with E-state index in [1.807, 2.05) is 36.4 Å². The van der Waals surface area contributed by atoms with E-state index in [4.69, 9.17) is 9.47 Å². The van der Waals surface area contributed by atoms with Gasteiger partial charge in [0, 0.05) is 11.1 Å². The van der Waals surface area contributed by atoms with Crippen molar-refractivity contribution in [3.63, 3.8) is 0 Å². The van der Waals surface area contributed by atoms with Crippen LogP contribution in [0.1, 0.15) is 27.5 Å². The topological polar surface area (TPSA) is 79.7 Å². The van der Waals surface area contributed by atoms with Crippen molar-refractivity contribution in [3.05, 3.63) is 95.3 Å². The second-order valence-electron chi connectivity index (χ2n) is 7.43. The summed E-state index contributed by atoms with van der Waals surface area (Å²) in [6.07, 6.45) is 1.76. The number of rotatable bonds is 6. The predicted octanol–water partition coefficient (Wildman–Crippen LogP) is 2.86. The Labute approximate surface area is 190 Å². The molecule has 1 heterocycles. The molecule has 7 nitrogen and oxygen atoms in total. The van der Waals surface area contributed by atoms with E-state index in [0.29, 0.717) is 11.5 Å². The Morgan fingerprint density at radius 2 is 1.70 bits per heavy atom. The molecule has 0 aliphatic carbocycles. The van der Waals surface area contributed by atoms with Crippen LogP contribution in [0.5, 0.6) is 11.5 Å². The summed E-state index contributed by atoms with van der Waals surface area (Å²) in [6, 6.07) is 18.3. The Morgan fingerprint density at radius 1 is 1.00 bits per heavy atom. The van der Waals surface area contributed by atoms with Gasteiger partial charge in [0.2, 0.25) is 12.3 Å². The Bertz CT molecular complexity index is 1190. The van der Waals surface area contributed by atoms with Crippen LogP contribution in [0.3, 0.4) is 0 Å². The van der Waals surface area contributed by atoms with Crippen molar-refractivity contribution in [3.8, 4) is 11.5 Å². The molecule has 0 bridgehead atoms. The van der Waals surface area contributed by atoms with E-state index in [1.54, 1.807) is 37.3 Å². The van der Waals surface area contributed by atoms with Gasteiger partial charge in [0.05, 0.1) is 19.8 Å². The third kappa shape index (κ3) is 4.69. The maximum absolute atomic E-state index is 13.3. The number of hydrogen-bond acceptors (Lipinski definition) is 4. The van der Waals surface area contributed by atoms with E-state index < -0.39 is 23.8 Å². The fourth-order valence-corrected chi connectivity index (χ4v) is 3.73. The molecule has 2 amide bonds. The molecule has 0 unspecified atom stereocenters. The van der Waals surface area contributed by atoms with Gasteiger partial charge in [0.15, 0.2) is 6.04 Å². The van der Waals surface area contributed by atoms with Gasteiger partial charge in [-0.1, -0.05) is 12.1 Å². The van der Waals surface area contributed by atoms with Crippen LogP contribution >= 0.6 is 0 Å². The van der Waals surface area contributed by atoms with Crippen LogP contribution in [0, 0.1) is 5.82 Å². The fourth-order valence-electron chi connectivity index (χ4n) is 3.73. The number of hydrazone groups is 1. The summed E-state index contributed by atoms with van der Waals surface area (Å²) in [7, 11) is 3.14. The standard InChI is InChI=1S/C25H22FN3O4/c1-32-20-13-9-16(10-14-20)23-22(27-24(30)17-7-11-19(26)12-8-17)25(31)28-29(23)15-18-5-3-4-6-21(18)33-2/h3-15,22-23H,1-2H3,(H-,27,28,30,31)/p+1/b29-15-/t22-,23-/m1/s1. The summed E-state index contributed by atoms with van der Waals surface area (Å²) in [6.45, 7) is 0. The highest BCUT2D eigenvalue weighted by Gasteiger charge is 2.48. The van der Waals surface area contributed by atoms with Gasteiger partial charge in [-0.2, -0.15) is 0 Å². The van der Waals surface area contributed by atoms with Gasteiger partial charge in [-0.15, -0.1) is 10.1 Å². The van der Waals surface area contributed by atoms with Gasteiger partial charge < -0.3 is 14.8 Å². The number of carbonyl (C=O) groups excluding carboxylic acids is 2. The zero-order chi connectivity index (χ0) is 23.4. The fraction of sp³-hybridized carbons (Fsp3) is 0.160. The van der Waals surface area contributed by atoms with Crippen LogP contribution in [0.4, 0.5) is 4.39 Å². The Morgan fingerprint density at radius 3 is 2.36 bits per heavy atom. The molecular formula is C25H23FN3O4+. The third-order valence-electron chi connectivity index (χ3n) is 5.40. The molecule has 33 heavy (non-hydrogen) atoms. The SMILES string of the molecule is COc1ccc([C@@H]2[C@@H](NC(=O)c3ccc(F)cc3)C(=O)N/[N+]2=C\c2ccccc2OC)cc1.